The van der Waals surface area contributed by atoms with Crippen molar-refractivity contribution in [2.75, 3.05) is 12.4 Å². The number of aryl methyl sites for hydroxylation is 2. The number of amides is 1. The van der Waals surface area contributed by atoms with Crippen LogP contribution in [0, 0.1) is 6.92 Å². The fraction of sp³-hybridized carbons (Fsp3) is 0.286. The van der Waals surface area contributed by atoms with Crippen molar-refractivity contribution in [1.29, 1.82) is 0 Å². The first-order chi connectivity index (χ1) is 9.67. The van der Waals surface area contributed by atoms with Crippen LogP contribution in [0.3, 0.4) is 0 Å². The topological polar surface area (TPSA) is 77.0 Å². The van der Waals surface area contributed by atoms with Crippen LogP contribution in [-0.4, -0.2) is 28.0 Å². The van der Waals surface area contributed by atoms with E-state index >= 15 is 0 Å². The lowest BCUT2D eigenvalue weighted by molar-refractivity contribution is -0.116. The average molecular weight is 272 g/mol. The minimum Gasteiger partial charge on any atom is -0.467 e. The Morgan fingerprint density at radius 3 is 2.70 bits per heavy atom. The van der Waals surface area contributed by atoms with Crippen molar-refractivity contribution in [3.05, 3.63) is 41.9 Å². The summed E-state index contributed by atoms with van der Waals surface area (Å²) < 4.78 is 4.88. The van der Waals surface area contributed by atoms with Gasteiger partial charge in [-0.05, 0) is 36.6 Å². The van der Waals surface area contributed by atoms with Crippen molar-refractivity contribution in [3.63, 3.8) is 0 Å². The number of carbonyl (C=O) groups excluding carboxylic acids is 1. The average Bonchev–Trinajstić information content (AvgIpc) is 2.46. The maximum absolute atomic E-state index is 11.8. The molecule has 0 bridgehead atoms. The molecule has 0 atom stereocenters. The van der Waals surface area contributed by atoms with Crippen molar-refractivity contribution in [2.24, 2.45) is 0 Å². The smallest absolute Gasteiger partial charge is 0.316 e. The second kappa shape index (κ2) is 6.60. The second-order valence-corrected chi connectivity index (χ2v) is 4.34. The molecule has 104 valence electrons. The number of rotatable bonds is 5. The molecule has 1 N–H and O–H groups in total. The Kier molecular flexibility index (Phi) is 4.60. The van der Waals surface area contributed by atoms with E-state index in [9.17, 15) is 4.79 Å². The summed E-state index contributed by atoms with van der Waals surface area (Å²) in [6.07, 6.45) is 5.91. The van der Waals surface area contributed by atoms with E-state index in [-0.39, 0.29) is 5.91 Å². The van der Waals surface area contributed by atoms with Gasteiger partial charge in [-0.3, -0.25) is 4.79 Å². The van der Waals surface area contributed by atoms with E-state index in [4.69, 9.17) is 4.74 Å². The van der Waals surface area contributed by atoms with Gasteiger partial charge >= 0.3 is 6.01 Å². The van der Waals surface area contributed by atoms with Crippen molar-refractivity contribution in [2.45, 2.75) is 19.8 Å². The van der Waals surface area contributed by atoms with Crippen LogP contribution in [0.4, 0.5) is 5.82 Å². The molecular formula is C14H16N4O2. The molecule has 0 aromatic carbocycles. The molecule has 2 rings (SSSR count). The van der Waals surface area contributed by atoms with Gasteiger partial charge in [-0.2, -0.15) is 0 Å². The maximum atomic E-state index is 11.8. The van der Waals surface area contributed by atoms with Crippen LogP contribution in [0.25, 0.3) is 0 Å². The number of anilines is 1. The summed E-state index contributed by atoms with van der Waals surface area (Å²) in [4.78, 5) is 23.9. The van der Waals surface area contributed by atoms with Gasteiger partial charge in [0.2, 0.25) is 5.91 Å². The van der Waals surface area contributed by atoms with E-state index in [2.05, 4.69) is 20.3 Å². The van der Waals surface area contributed by atoms with Crippen LogP contribution < -0.4 is 10.1 Å². The van der Waals surface area contributed by atoms with E-state index in [1.807, 2.05) is 19.1 Å². The summed E-state index contributed by atoms with van der Waals surface area (Å²) >= 11 is 0. The van der Waals surface area contributed by atoms with Gasteiger partial charge in [0.25, 0.3) is 0 Å². The Morgan fingerprint density at radius 2 is 2.05 bits per heavy atom. The highest BCUT2D eigenvalue weighted by molar-refractivity contribution is 5.89. The third kappa shape index (κ3) is 4.01. The molecule has 2 heterocycles. The Morgan fingerprint density at radius 1 is 1.30 bits per heavy atom. The highest BCUT2D eigenvalue weighted by Crippen LogP contribution is 2.08. The molecule has 2 aromatic heterocycles. The first kappa shape index (κ1) is 13.9. The van der Waals surface area contributed by atoms with Crippen LogP contribution in [-0.2, 0) is 11.2 Å². The van der Waals surface area contributed by atoms with E-state index in [1.54, 1.807) is 18.6 Å². The first-order valence-electron chi connectivity index (χ1n) is 6.25. The third-order valence-electron chi connectivity index (χ3n) is 2.69. The van der Waals surface area contributed by atoms with Gasteiger partial charge in [0.15, 0.2) is 0 Å². The van der Waals surface area contributed by atoms with Crippen LogP contribution >= 0.6 is 0 Å². The molecule has 0 aliphatic heterocycles. The van der Waals surface area contributed by atoms with Gasteiger partial charge < -0.3 is 10.1 Å². The molecule has 0 aliphatic rings. The van der Waals surface area contributed by atoms with Crippen LogP contribution in [0.15, 0.2) is 30.7 Å². The van der Waals surface area contributed by atoms with E-state index in [1.165, 1.54) is 7.11 Å². The lowest BCUT2D eigenvalue weighted by atomic mass is 10.2. The summed E-state index contributed by atoms with van der Waals surface area (Å²) in [7, 11) is 1.51. The fourth-order valence-electron chi connectivity index (χ4n) is 1.65. The molecule has 0 fully saturated rings. The van der Waals surface area contributed by atoms with E-state index < -0.39 is 0 Å². The molecule has 20 heavy (non-hydrogen) atoms. The standard InChI is InChI=1S/C14H16N4O2/c1-10-5-6-15-12(7-10)18-13(19)4-3-11-8-16-14(20-2)17-9-11/h5-9H,3-4H2,1-2H3,(H,15,18,19). The number of methoxy groups -OCH3 is 1. The normalized spacial score (nSPS) is 10.1. The van der Waals surface area contributed by atoms with Crippen LogP contribution in [0.2, 0.25) is 0 Å². The first-order valence-corrected chi connectivity index (χ1v) is 6.25. The van der Waals surface area contributed by atoms with Gasteiger partial charge in [0, 0.05) is 25.0 Å². The molecule has 1 amide bonds. The Bertz CT molecular complexity index is 584. The molecular weight excluding hydrogens is 256 g/mol. The van der Waals surface area contributed by atoms with Crippen molar-refractivity contribution < 1.29 is 9.53 Å². The molecule has 0 spiro atoms. The number of carbonyl (C=O) groups is 1. The predicted octanol–water partition coefficient (Wildman–Crippen LogP) is 1.76. The summed E-state index contributed by atoms with van der Waals surface area (Å²) in [5, 5.41) is 2.76. The zero-order valence-electron chi connectivity index (χ0n) is 11.5. The summed E-state index contributed by atoms with van der Waals surface area (Å²) in [5.41, 5.74) is 1.94. The molecule has 0 unspecified atom stereocenters. The Labute approximate surface area is 117 Å². The highest BCUT2D eigenvalue weighted by Gasteiger charge is 2.05. The van der Waals surface area contributed by atoms with Crippen molar-refractivity contribution in [3.8, 4) is 6.01 Å². The van der Waals surface area contributed by atoms with E-state index in [0.29, 0.717) is 24.7 Å². The lowest BCUT2D eigenvalue weighted by Crippen LogP contribution is -2.13. The molecule has 0 saturated heterocycles. The van der Waals surface area contributed by atoms with Gasteiger partial charge in [0.1, 0.15) is 5.82 Å². The zero-order valence-corrected chi connectivity index (χ0v) is 11.5. The molecule has 0 radical (unpaired) electrons. The number of nitrogens with zero attached hydrogens (tertiary/aromatic N) is 3. The number of hydrogen-bond donors (Lipinski definition) is 1. The van der Waals surface area contributed by atoms with E-state index in [0.717, 1.165) is 11.1 Å². The number of nitrogens with one attached hydrogen (secondary N) is 1. The van der Waals surface area contributed by atoms with Crippen molar-refractivity contribution in [1.82, 2.24) is 15.0 Å². The quantitative estimate of drug-likeness (QED) is 0.897. The minimum atomic E-state index is -0.0843. The van der Waals surface area contributed by atoms with Gasteiger partial charge in [-0.15, -0.1) is 0 Å². The number of aromatic nitrogens is 3. The molecule has 6 nitrogen and oxygen atoms in total. The minimum absolute atomic E-state index is 0.0843. The summed E-state index contributed by atoms with van der Waals surface area (Å²) in [6.45, 7) is 1.95. The van der Waals surface area contributed by atoms with Gasteiger partial charge in [-0.25, -0.2) is 15.0 Å². The van der Waals surface area contributed by atoms with Crippen molar-refractivity contribution >= 4 is 11.7 Å². The number of pyridine rings is 1. The molecule has 0 aliphatic carbocycles. The maximum Gasteiger partial charge on any atom is 0.316 e. The fourth-order valence-corrected chi connectivity index (χ4v) is 1.65. The van der Waals surface area contributed by atoms with Crippen LogP contribution in [0.1, 0.15) is 17.5 Å². The Balaban J connectivity index is 1.85. The molecule has 0 saturated carbocycles. The number of hydrogen-bond acceptors (Lipinski definition) is 5. The SMILES string of the molecule is COc1ncc(CCC(=O)Nc2cc(C)ccn2)cn1. The number of ether oxygens (including phenoxy) is 1. The largest absolute Gasteiger partial charge is 0.467 e. The van der Waals surface area contributed by atoms with Gasteiger partial charge in [-0.1, -0.05) is 0 Å². The third-order valence-corrected chi connectivity index (χ3v) is 2.69. The van der Waals surface area contributed by atoms with Gasteiger partial charge in [0.05, 0.1) is 7.11 Å². The monoisotopic (exact) mass is 272 g/mol. The summed E-state index contributed by atoms with van der Waals surface area (Å²) in [6, 6.07) is 4.03. The highest BCUT2D eigenvalue weighted by atomic mass is 16.5. The summed E-state index contributed by atoms with van der Waals surface area (Å²) in [5.74, 6) is 0.486. The Hall–Kier alpha value is -2.50. The zero-order chi connectivity index (χ0) is 14.4. The second-order valence-electron chi connectivity index (χ2n) is 4.34. The van der Waals surface area contributed by atoms with Crippen LogP contribution in [0.5, 0.6) is 6.01 Å². The molecule has 2 aromatic rings. The lowest BCUT2D eigenvalue weighted by Gasteiger charge is -2.05. The molecule has 6 heteroatoms. The predicted molar refractivity (Wildman–Crippen MR) is 74.5 cm³/mol.